The summed E-state index contributed by atoms with van der Waals surface area (Å²) in [6, 6.07) is 0.374. The molecule has 0 saturated carbocycles. The first-order valence-electron chi connectivity index (χ1n) is 5.01. The van der Waals surface area contributed by atoms with Crippen LogP contribution in [0.3, 0.4) is 0 Å². The molecular weight excluding hydrogens is 198 g/mol. The zero-order chi connectivity index (χ0) is 11.0. The van der Waals surface area contributed by atoms with Gasteiger partial charge < -0.3 is 5.32 Å². The molecule has 3 nitrogen and oxygen atoms in total. The molecule has 0 saturated heterocycles. The SMILES string of the molecule is C=CCC(CCCS(C)(=O)=O)NCC. The summed E-state index contributed by atoms with van der Waals surface area (Å²) in [6.45, 7) is 6.64. The van der Waals surface area contributed by atoms with Crippen molar-refractivity contribution in [2.45, 2.75) is 32.2 Å². The first-order valence-corrected chi connectivity index (χ1v) is 7.07. The van der Waals surface area contributed by atoms with Crippen LogP contribution in [0.4, 0.5) is 0 Å². The van der Waals surface area contributed by atoms with Crippen molar-refractivity contribution in [3.63, 3.8) is 0 Å². The van der Waals surface area contributed by atoms with Crippen molar-refractivity contribution in [3.8, 4) is 0 Å². The van der Waals surface area contributed by atoms with Crippen LogP contribution in [0, 0.1) is 0 Å². The highest BCUT2D eigenvalue weighted by atomic mass is 32.2. The van der Waals surface area contributed by atoms with Crippen LogP contribution in [0.25, 0.3) is 0 Å². The van der Waals surface area contributed by atoms with Crippen molar-refractivity contribution in [1.82, 2.24) is 5.32 Å². The normalized spacial score (nSPS) is 13.9. The van der Waals surface area contributed by atoms with Gasteiger partial charge in [-0.2, -0.15) is 0 Å². The molecular formula is C10H21NO2S. The monoisotopic (exact) mass is 219 g/mol. The molecule has 4 heteroatoms. The molecule has 0 aromatic carbocycles. The van der Waals surface area contributed by atoms with Crippen molar-refractivity contribution in [2.75, 3.05) is 18.6 Å². The van der Waals surface area contributed by atoms with Gasteiger partial charge in [-0.15, -0.1) is 6.58 Å². The number of rotatable bonds is 8. The predicted octanol–water partition coefficient (Wildman–Crippen LogP) is 1.37. The number of nitrogens with one attached hydrogen (secondary N) is 1. The largest absolute Gasteiger partial charge is 0.314 e. The second-order valence-corrected chi connectivity index (χ2v) is 5.81. The minimum Gasteiger partial charge on any atom is -0.314 e. The van der Waals surface area contributed by atoms with E-state index in [1.54, 1.807) is 0 Å². The van der Waals surface area contributed by atoms with E-state index in [1.807, 2.05) is 13.0 Å². The van der Waals surface area contributed by atoms with Gasteiger partial charge in [-0.1, -0.05) is 13.0 Å². The number of hydrogen-bond acceptors (Lipinski definition) is 3. The third-order valence-corrected chi connectivity index (χ3v) is 3.04. The Bertz CT molecular complexity index is 247. The van der Waals surface area contributed by atoms with E-state index < -0.39 is 9.84 Å². The van der Waals surface area contributed by atoms with Crippen LogP contribution in [0.5, 0.6) is 0 Å². The molecule has 0 heterocycles. The molecule has 0 aliphatic carbocycles. The Morgan fingerprint density at radius 1 is 1.50 bits per heavy atom. The first-order chi connectivity index (χ1) is 6.49. The highest BCUT2D eigenvalue weighted by Crippen LogP contribution is 2.04. The van der Waals surface area contributed by atoms with E-state index in [0.717, 1.165) is 25.8 Å². The van der Waals surface area contributed by atoms with Crippen molar-refractivity contribution in [2.24, 2.45) is 0 Å². The zero-order valence-electron chi connectivity index (χ0n) is 9.12. The van der Waals surface area contributed by atoms with E-state index in [0.29, 0.717) is 6.04 Å². The van der Waals surface area contributed by atoms with Crippen LogP contribution >= 0.6 is 0 Å². The van der Waals surface area contributed by atoms with E-state index in [9.17, 15) is 8.42 Å². The Labute approximate surface area is 87.5 Å². The van der Waals surface area contributed by atoms with Gasteiger partial charge in [-0.05, 0) is 25.8 Å². The first kappa shape index (κ1) is 13.7. The molecule has 0 amide bonds. The Morgan fingerprint density at radius 2 is 2.14 bits per heavy atom. The fourth-order valence-corrected chi connectivity index (χ4v) is 2.08. The molecule has 0 aliphatic rings. The highest BCUT2D eigenvalue weighted by molar-refractivity contribution is 7.90. The van der Waals surface area contributed by atoms with Crippen molar-refractivity contribution in [3.05, 3.63) is 12.7 Å². The lowest BCUT2D eigenvalue weighted by Crippen LogP contribution is -2.28. The van der Waals surface area contributed by atoms with Crippen LogP contribution in [0.15, 0.2) is 12.7 Å². The lowest BCUT2D eigenvalue weighted by atomic mass is 10.1. The molecule has 0 aromatic heterocycles. The number of sulfone groups is 1. The third-order valence-electron chi connectivity index (χ3n) is 2.01. The van der Waals surface area contributed by atoms with Crippen molar-refractivity contribution in [1.29, 1.82) is 0 Å². The van der Waals surface area contributed by atoms with Crippen LogP contribution in [-0.4, -0.2) is 33.0 Å². The van der Waals surface area contributed by atoms with Gasteiger partial charge in [0.05, 0.1) is 0 Å². The summed E-state index contributed by atoms with van der Waals surface area (Å²) in [6.07, 6.45) is 5.67. The zero-order valence-corrected chi connectivity index (χ0v) is 9.94. The quantitative estimate of drug-likeness (QED) is 0.627. The minimum atomic E-state index is -2.80. The van der Waals surface area contributed by atoms with Gasteiger partial charge in [-0.25, -0.2) is 8.42 Å². The van der Waals surface area contributed by atoms with E-state index in [-0.39, 0.29) is 5.75 Å². The molecule has 0 bridgehead atoms. The molecule has 0 spiro atoms. The standard InChI is InChI=1S/C10H21NO2S/c1-4-7-10(11-5-2)8-6-9-14(3,12)13/h4,10-11H,1,5-9H2,2-3H3. The van der Waals surface area contributed by atoms with E-state index >= 15 is 0 Å². The summed E-state index contributed by atoms with van der Waals surface area (Å²) in [4.78, 5) is 0. The van der Waals surface area contributed by atoms with Crippen molar-refractivity contribution < 1.29 is 8.42 Å². The summed E-state index contributed by atoms with van der Waals surface area (Å²) in [5.41, 5.74) is 0. The highest BCUT2D eigenvalue weighted by Gasteiger charge is 2.07. The topological polar surface area (TPSA) is 46.2 Å². The third kappa shape index (κ3) is 8.26. The smallest absolute Gasteiger partial charge is 0.147 e. The molecule has 1 atom stereocenters. The second-order valence-electron chi connectivity index (χ2n) is 3.55. The van der Waals surface area contributed by atoms with Crippen LogP contribution < -0.4 is 5.32 Å². The summed E-state index contributed by atoms with van der Waals surface area (Å²) < 4.78 is 21.8. The maximum absolute atomic E-state index is 10.9. The summed E-state index contributed by atoms with van der Waals surface area (Å²) in [7, 11) is -2.80. The van der Waals surface area contributed by atoms with Gasteiger partial charge in [0.1, 0.15) is 9.84 Å². The molecule has 0 rings (SSSR count). The van der Waals surface area contributed by atoms with Crippen LogP contribution in [0.2, 0.25) is 0 Å². The Kier molecular flexibility index (Phi) is 6.83. The van der Waals surface area contributed by atoms with Gasteiger partial charge in [-0.3, -0.25) is 0 Å². The summed E-state index contributed by atoms with van der Waals surface area (Å²) >= 11 is 0. The van der Waals surface area contributed by atoms with E-state index in [1.165, 1.54) is 6.26 Å². The lowest BCUT2D eigenvalue weighted by molar-refractivity contribution is 0.491. The van der Waals surface area contributed by atoms with Gasteiger partial charge in [0, 0.05) is 18.1 Å². The summed E-state index contributed by atoms with van der Waals surface area (Å²) in [5, 5.41) is 3.30. The fourth-order valence-electron chi connectivity index (χ4n) is 1.39. The van der Waals surface area contributed by atoms with Gasteiger partial charge in [0.2, 0.25) is 0 Å². The molecule has 0 radical (unpaired) electrons. The molecule has 0 aromatic rings. The fraction of sp³-hybridized carbons (Fsp3) is 0.800. The van der Waals surface area contributed by atoms with E-state index in [2.05, 4.69) is 11.9 Å². The molecule has 0 fully saturated rings. The maximum atomic E-state index is 10.9. The predicted molar refractivity (Wildman–Crippen MR) is 61.2 cm³/mol. The average Bonchev–Trinajstić information content (AvgIpc) is 2.02. The Hall–Kier alpha value is -0.350. The van der Waals surface area contributed by atoms with Gasteiger partial charge >= 0.3 is 0 Å². The molecule has 1 N–H and O–H groups in total. The Morgan fingerprint density at radius 3 is 2.57 bits per heavy atom. The molecule has 14 heavy (non-hydrogen) atoms. The van der Waals surface area contributed by atoms with Gasteiger partial charge in [0.25, 0.3) is 0 Å². The van der Waals surface area contributed by atoms with Crippen molar-refractivity contribution >= 4 is 9.84 Å². The Balaban J connectivity index is 3.76. The minimum absolute atomic E-state index is 0.284. The van der Waals surface area contributed by atoms with Crippen LogP contribution in [0.1, 0.15) is 26.2 Å². The molecule has 1 unspecified atom stereocenters. The van der Waals surface area contributed by atoms with E-state index in [4.69, 9.17) is 0 Å². The van der Waals surface area contributed by atoms with Crippen LogP contribution in [-0.2, 0) is 9.84 Å². The van der Waals surface area contributed by atoms with Gasteiger partial charge in [0.15, 0.2) is 0 Å². The second kappa shape index (κ2) is 7.01. The molecule has 84 valence electrons. The molecule has 0 aliphatic heterocycles. The average molecular weight is 219 g/mol. The maximum Gasteiger partial charge on any atom is 0.147 e. The number of hydrogen-bond donors (Lipinski definition) is 1. The summed E-state index contributed by atoms with van der Waals surface area (Å²) in [5.74, 6) is 0.284. The lowest BCUT2D eigenvalue weighted by Gasteiger charge is -2.15.